The number of carboxylic acid groups (broad SMARTS) is 1. The van der Waals surface area contributed by atoms with Crippen LogP contribution in [0.1, 0.15) is 60.1 Å². The standard InChI is InChI=1S/C24H25N5O5/c1-13(14-6-7-14)26-20(30)18-11-17(28-29-18)15-4-2-5-16(10-15)22-25-12-19(34-22)21(31)27-24(23(32)33)8-3-9-24/h2,4-5,10-14H,3,6-9H2,1H3,(H,26,30)(H,27,31)(H,28,29)(H,32,33)/t13-/m0/s1. The maximum atomic E-state index is 12.5. The number of amides is 2. The van der Waals surface area contributed by atoms with Crippen LogP contribution in [0.3, 0.4) is 0 Å². The average Bonchev–Trinajstić information content (AvgIpc) is 3.32. The predicted molar refractivity (Wildman–Crippen MR) is 121 cm³/mol. The molecule has 0 bridgehead atoms. The van der Waals surface area contributed by atoms with Crippen LogP contribution in [-0.4, -0.2) is 49.7 Å². The van der Waals surface area contributed by atoms with Gasteiger partial charge in [-0.1, -0.05) is 12.1 Å². The second-order valence-electron chi connectivity index (χ2n) is 9.07. The highest BCUT2D eigenvalue weighted by Gasteiger charge is 2.46. The van der Waals surface area contributed by atoms with Gasteiger partial charge in [0.1, 0.15) is 11.2 Å². The molecule has 0 spiro atoms. The van der Waals surface area contributed by atoms with Crippen LogP contribution in [0.2, 0.25) is 0 Å². The van der Waals surface area contributed by atoms with Crippen LogP contribution in [-0.2, 0) is 4.79 Å². The molecule has 2 amide bonds. The summed E-state index contributed by atoms with van der Waals surface area (Å²) in [6, 6.07) is 9.03. The zero-order chi connectivity index (χ0) is 23.9. The predicted octanol–water partition coefficient (Wildman–Crippen LogP) is 3.00. The highest BCUT2D eigenvalue weighted by molar-refractivity contribution is 5.96. The number of aliphatic carboxylic acids is 1. The summed E-state index contributed by atoms with van der Waals surface area (Å²) in [5.74, 6) is -1.13. The molecule has 2 aromatic heterocycles. The quantitative estimate of drug-likeness (QED) is 0.401. The molecular weight excluding hydrogens is 438 g/mol. The van der Waals surface area contributed by atoms with Gasteiger partial charge in [0.15, 0.2) is 0 Å². The molecule has 2 saturated carbocycles. The van der Waals surface area contributed by atoms with Crippen molar-refractivity contribution < 1.29 is 23.9 Å². The monoisotopic (exact) mass is 463 g/mol. The van der Waals surface area contributed by atoms with E-state index in [0.29, 0.717) is 35.7 Å². The average molecular weight is 463 g/mol. The minimum absolute atomic E-state index is 0.0589. The molecule has 0 saturated heterocycles. The molecule has 34 heavy (non-hydrogen) atoms. The topological polar surface area (TPSA) is 150 Å². The molecular formula is C24H25N5O5. The van der Waals surface area contributed by atoms with Crippen LogP contribution >= 0.6 is 0 Å². The number of aromatic amines is 1. The summed E-state index contributed by atoms with van der Waals surface area (Å²) in [5, 5.41) is 22.0. The van der Waals surface area contributed by atoms with Crippen LogP contribution in [0.5, 0.6) is 0 Å². The maximum absolute atomic E-state index is 12.5. The molecule has 2 heterocycles. The molecule has 176 valence electrons. The Bertz CT molecular complexity index is 1250. The van der Waals surface area contributed by atoms with Gasteiger partial charge in [-0.3, -0.25) is 14.7 Å². The molecule has 10 heteroatoms. The van der Waals surface area contributed by atoms with Gasteiger partial charge < -0.3 is 20.2 Å². The number of nitrogens with zero attached hydrogens (tertiary/aromatic N) is 2. The highest BCUT2D eigenvalue weighted by Crippen LogP contribution is 2.33. The second-order valence-corrected chi connectivity index (χ2v) is 9.07. The van der Waals surface area contributed by atoms with E-state index in [1.54, 1.807) is 24.3 Å². The molecule has 1 aromatic carbocycles. The Labute approximate surface area is 195 Å². The fourth-order valence-corrected chi connectivity index (χ4v) is 4.11. The summed E-state index contributed by atoms with van der Waals surface area (Å²) >= 11 is 0. The summed E-state index contributed by atoms with van der Waals surface area (Å²) in [6.07, 6.45) is 5.10. The highest BCUT2D eigenvalue weighted by atomic mass is 16.4. The lowest BCUT2D eigenvalue weighted by atomic mass is 9.76. The summed E-state index contributed by atoms with van der Waals surface area (Å²) in [4.78, 5) is 40.7. The van der Waals surface area contributed by atoms with Gasteiger partial charge in [0.05, 0.1) is 11.9 Å². The summed E-state index contributed by atoms with van der Waals surface area (Å²) in [6.45, 7) is 2.01. The lowest BCUT2D eigenvalue weighted by Crippen LogP contribution is -2.59. The Hall–Kier alpha value is -3.95. The maximum Gasteiger partial charge on any atom is 0.329 e. The fourth-order valence-electron chi connectivity index (χ4n) is 4.11. The van der Waals surface area contributed by atoms with Crippen LogP contribution in [0.25, 0.3) is 22.7 Å². The third-order valence-corrected chi connectivity index (χ3v) is 6.61. The Kier molecular flexibility index (Phi) is 5.43. The number of carbonyl (C=O) groups excluding carboxylic acids is 2. The molecule has 0 aliphatic heterocycles. The van der Waals surface area contributed by atoms with E-state index in [4.69, 9.17) is 4.42 Å². The first kappa shape index (κ1) is 21.9. The summed E-state index contributed by atoms with van der Waals surface area (Å²) in [5.41, 5.74) is 1.09. The van der Waals surface area contributed by atoms with Gasteiger partial charge in [0.25, 0.3) is 11.8 Å². The molecule has 2 aliphatic carbocycles. The van der Waals surface area contributed by atoms with Crippen molar-refractivity contribution in [1.29, 1.82) is 0 Å². The van der Waals surface area contributed by atoms with E-state index < -0.39 is 17.4 Å². The Morgan fingerprint density at radius 1 is 1.18 bits per heavy atom. The third kappa shape index (κ3) is 4.18. The smallest absolute Gasteiger partial charge is 0.329 e. The van der Waals surface area contributed by atoms with Crippen molar-refractivity contribution in [1.82, 2.24) is 25.8 Å². The fraction of sp³-hybridized carbons (Fsp3) is 0.375. The zero-order valence-electron chi connectivity index (χ0n) is 18.6. The van der Waals surface area contributed by atoms with E-state index in [1.165, 1.54) is 6.20 Å². The van der Waals surface area contributed by atoms with Gasteiger partial charge in [0, 0.05) is 17.2 Å². The van der Waals surface area contributed by atoms with Gasteiger partial charge in [0.2, 0.25) is 11.7 Å². The van der Waals surface area contributed by atoms with E-state index in [0.717, 1.165) is 24.8 Å². The van der Waals surface area contributed by atoms with Gasteiger partial charge in [-0.15, -0.1) is 0 Å². The van der Waals surface area contributed by atoms with E-state index in [2.05, 4.69) is 25.8 Å². The first-order valence-corrected chi connectivity index (χ1v) is 11.3. The largest absolute Gasteiger partial charge is 0.480 e. The number of carbonyl (C=O) groups is 3. The molecule has 2 fully saturated rings. The molecule has 2 aliphatic rings. The molecule has 0 radical (unpaired) electrons. The number of aromatic nitrogens is 3. The lowest BCUT2D eigenvalue weighted by molar-refractivity contribution is -0.148. The van der Waals surface area contributed by atoms with Gasteiger partial charge in [-0.25, -0.2) is 9.78 Å². The Balaban J connectivity index is 1.30. The van der Waals surface area contributed by atoms with Crippen molar-refractivity contribution >= 4 is 17.8 Å². The molecule has 5 rings (SSSR count). The van der Waals surface area contributed by atoms with Crippen molar-refractivity contribution in [3.8, 4) is 22.7 Å². The summed E-state index contributed by atoms with van der Waals surface area (Å²) in [7, 11) is 0. The number of hydrogen-bond donors (Lipinski definition) is 4. The molecule has 10 nitrogen and oxygen atoms in total. The van der Waals surface area contributed by atoms with Crippen LogP contribution in [0.4, 0.5) is 0 Å². The number of benzene rings is 1. The van der Waals surface area contributed by atoms with Crippen molar-refractivity contribution in [3.63, 3.8) is 0 Å². The number of nitrogens with one attached hydrogen (secondary N) is 3. The van der Waals surface area contributed by atoms with Crippen molar-refractivity contribution in [2.75, 3.05) is 0 Å². The number of oxazole rings is 1. The van der Waals surface area contributed by atoms with Crippen molar-refractivity contribution in [3.05, 3.63) is 48.0 Å². The Morgan fingerprint density at radius 2 is 1.94 bits per heavy atom. The molecule has 0 unspecified atom stereocenters. The van der Waals surface area contributed by atoms with E-state index in [9.17, 15) is 19.5 Å². The summed E-state index contributed by atoms with van der Waals surface area (Å²) < 4.78 is 5.62. The molecule has 1 atom stereocenters. The zero-order valence-corrected chi connectivity index (χ0v) is 18.6. The Morgan fingerprint density at radius 3 is 2.62 bits per heavy atom. The van der Waals surface area contributed by atoms with E-state index in [1.807, 2.05) is 13.0 Å². The van der Waals surface area contributed by atoms with Crippen LogP contribution in [0.15, 0.2) is 40.9 Å². The second kappa shape index (κ2) is 8.44. The first-order chi connectivity index (χ1) is 16.3. The van der Waals surface area contributed by atoms with Gasteiger partial charge in [-0.2, -0.15) is 5.10 Å². The van der Waals surface area contributed by atoms with E-state index in [-0.39, 0.29) is 23.6 Å². The number of carboxylic acids is 1. The number of hydrogen-bond acceptors (Lipinski definition) is 6. The number of rotatable bonds is 8. The van der Waals surface area contributed by atoms with Crippen LogP contribution in [0, 0.1) is 5.92 Å². The molecule has 3 aromatic rings. The lowest BCUT2D eigenvalue weighted by Gasteiger charge is -2.37. The minimum Gasteiger partial charge on any atom is -0.480 e. The van der Waals surface area contributed by atoms with Crippen molar-refractivity contribution in [2.24, 2.45) is 5.92 Å². The number of H-pyrrole nitrogens is 1. The van der Waals surface area contributed by atoms with Gasteiger partial charge >= 0.3 is 5.97 Å². The van der Waals surface area contributed by atoms with E-state index >= 15 is 0 Å². The minimum atomic E-state index is -1.23. The van der Waals surface area contributed by atoms with Crippen molar-refractivity contribution in [2.45, 2.75) is 50.6 Å². The van der Waals surface area contributed by atoms with Gasteiger partial charge in [-0.05, 0) is 63.1 Å². The normalized spacial score (nSPS) is 17.4. The SMILES string of the molecule is C[C@H](NC(=O)c1cc(-c2cccc(-c3ncc(C(=O)NC4(C(=O)O)CCC4)o3)c2)n[nH]1)C1CC1. The third-order valence-electron chi connectivity index (χ3n) is 6.61. The first-order valence-electron chi connectivity index (χ1n) is 11.3. The van der Waals surface area contributed by atoms with Crippen LogP contribution < -0.4 is 10.6 Å². The molecule has 4 N–H and O–H groups in total.